The molecule has 1 saturated heterocycles. The number of halogens is 2. The molecule has 0 bridgehead atoms. The van der Waals surface area contributed by atoms with E-state index in [4.69, 9.17) is 9.47 Å². The first-order valence-corrected chi connectivity index (χ1v) is 13.1. The fourth-order valence-electron chi connectivity index (χ4n) is 4.64. The lowest BCUT2D eigenvalue weighted by Gasteiger charge is -2.34. The van der Waals surface area contributed by atoms with Crippen LogP contribution in [0.4, 0.5) is 26.0 Å². The molecule has 0 unspecified atom stereocenters. The fourth-order valence-corrected chi connectivity index (χ4v) is 4.64. The Morgan fingerprint density at radius 3 is 2.55 bits per heavy atom. The minimum atomic E-state index is -0.665. The Kier molecular flexibility index (Phi) is 8.42. The Hall–Kier alpha value is -4.22. The molecule has 0 spiro atoms. The number of aromatic nitrogens is 2. The average molecular weight is 551 g/mol. The van der Waals surface area contributed by atoms with E-state index in [-0.39, 0.29) is 12.5 Å². The molecule has 1 amide bonds. The summed E-state index contributed by atoms with van der Waals surface area (Å²) in [7, 11) is 3.74. The van der Waals surface area contributed by atoms with Gasteiger partial charge in [0.05, 0.1) is 17.7 Å². The number of hydrogen-bond acceptors (Lipinski definition) is 7. The van der Waals surface area contributed by atoms with E-state index in [2.05, 4.69) is 37.7 Å². The normalized spacial score (nSPS) is 13.9. The molecule has 9 nitrogen and oxygen atoms in total. The van der Waals surface area contributed by atoms with E-state index in [0.29, 0.717) is 52.4 Å². The minimum Gasteiger partial charge on any atom is -0.489 e. The maximum atomic E-state index is 13.5. The van der Waals surface area contributed by atoms with Crippen LogP contribution >= 0.6 is 0 Å². The molecule has 210 valence electrons. The van der Waals surface area contributed by atoms with Crippen molar-refractivity contribution < 1.29 is 23.0 Å². The van der Waals surface area contributed by atoms with Gasteiger partial charge >= 0.3 is 0 Å². The Bertz CT molecular complexity index is 1470. The van der Waals surface area contributed by atoms with E-state index in [1.54, 1.807) is 25.3 Å². The fraction of sp³-hybridized carbons (Fsp3) is 0.310. The molecular weight excluding hydrogens is 518 g/mol. The lowest BCUT2D eigenvalue weighted by molar-refractivity contribution is 0.102. The van der Waals surface area contributed by atoms with Crippen molar-refractivity contribution in [2.45, 2.75) is 6.61 Å². The monoisotopic (exact) mass is 550 g/mol. The number of rotatable bonds is 10. The number of fused-ring (bicyclic) bond motifs is 1. The molecule has 3 aromatic carbocycles. The van der Waals surface area contributed by atoms with Gasteiger partial charge in [-0.3, -0.25) is 9.89 Å². The molecule has 4 aromatic rings. The van der Waals surface area contributed by atoms with Crippen molar-refractivity contribution >= 4 is 34.0 Å². The molecule has 0 radical (unpaired) electrons. The van der Waals surface area contributed by atoms with Crippen LogP contribution < -0.4 is 20.3 Å². The van der Waals surface area contributed by atoms with Crippen LogP contribution in [0.5, 0.6) is 5.75 Å². The summed E-state index contributed by atoms with van der Waals surface area (Å²) in [6.45, 7) is 4.81. The van der Waals surface area contributed by atoms with E-state index in [0.717, 1.165) is 37.9 Å². The first-order chi connectivity index (χ1) is 19.4. The molecule has 2 heterocycles. The number of methoxy groups -OCH3 is 1. The number of ether oxygens (including phenoxy) is 2. The highest BCUT2D eigenvalue weighted by atomic mass is 19.1. The first kappa shape index (κ1) is 27.4. The Morgan fingerprint density at radius 2 is 1.80 bits per heavy atom. The molecule has 0 atom stereocenters. The average Bonchev–Trinajstić information content (AvgIpc) is 3.33. The number of H-pyrrole nitrogens is 1. The van der Waals surface area contributed by atoms with E-state index in [1.807, 2.05) is 18.2 Å². The van der Waals surface area contributed by atoms with Gasteiger partial charge in [-0.1, -0.05) is 0 Å². The highest BCUT2D eigenvalue weighted by molar-refractivity contribution is 6.11. The van der Waals surface area contributed by atoms with Gasteiger partial charge in [0.2, 0.25) is 0 Å². The van der Waals surface area contributed by atoms with E-state index < -0.39 is 11.6 Å². The molecule has 40 heavy (non-hydrogen) atoms. The van der Waals surface area contributed by atoms with E-state index in [1.165, 1.54) is 12.1 Å². The number of likely N-dealkylation sites (N-methyl/N-ethyl adjacent to an activating group) is 1. The minimum absolute atomic E-state index is 0.0180. The summed E-state index contributed by atoms with van der Waals surface area (Å²) >= 11 is 0. The number of nitrogens with one attached hydrogen (secondary N) is 3. The van der Waals surface area contributed by atoms with Crippen molar-refractivity contribution in [3.8, 4) is 5.75 Å². The largest absolute Gasteiger partial charge is 0.489 e. The Morgan fingerprint density at radius 1 is 1.02 bits per heavy atom. The summed E-state index contributed by atoms with van der Waals surface area (Å²) in [6, 6.07) is 14.2. The van der Waals surface area contributed by atoms with Gasteiger partial charge in [-0.2, -0.15) is 5.10 Å². The van der Waals surface area contributed by atoms with Crippen molar-refractivity contribution in [1.82, 2.24) is 15.1 Å². The molecule has 1 aromatic heterocycles. The smallest absolute Gasteiger partial charge is 0.258 e. The number of aromatic amines is 1. The number of hydrogen-bond donors (Lipinski definition) is 3. The number of carbonyl (C=O) groups excluding carboxylic acids is 1. The van der Waals surface area contributed by atoms with Gasteiger partial charge in [-0.05, 0) is 61.1 Å². The molecule has 5 rings (SSSR count). The van der Waals surface area contributed by atoms with Gasteiger partial charge in [0.25, 0.3) is 5.91 Å². The zero-order chi connectivity index (χ0) is 28.1. The second-order valence-corrected chi connectivity index (χ2v) is 9.74. The van der Waals surface area contributed by atoms with Crippen LogP contribution in [0.3, 0.4) is 0 Å². The van der Waals surface area contributed by atoms with Crippen LogP contribution in [0.1, 0.15) is 15.9 Å². The third-order valence-electron chi connectivity index (χ3n) is 6.83. The number of nitrogens with zero attached hydrogens (tertiary/aromatic N) is 3. The highest BCUT2D eigenvalue weighted by Crippen LogP contribution is 2.29. The molecule has 1 aliphatic heterocycles. The first-order valence-electron chi connectivity index (χ1n) is 13.1. The molecular formula is C29H32F2N6O3. The molecule has 1 fully saturated rings. The predicted octanol–water partition coefficient (Wildman–Crippen LogP) is 4.48. The number of amides is 1. The van der Waals surface area contributed by atoms with E-state index in [9.17, 15) is 13.6 Å². The van der Waals surface area contributed by atoms with Crippen LogP contribution in [0.25, 0.3) is 10.9 Å². The quantitative estimate of drug-likeness (QED) is 0.251. The maximum absolute atomic E-state index is 13.5. The Balaban J connectivity index is 1.34. The zero-order valence-corrected chi connectivity index (χ0v) is 22.5. The molecule has 3 N–H and O–H groups in total. The van der Waals surface area contributed by atoms with Gasteiger partial charge in [-0.15, -0.1) is 0 Å². The summed E-state index contributed by atoms with van der Waals surface area (Å²) < 4.78 is 38.0. The lowest BCUT2D eigenvalue weighted by Crippen LogP contribution is -2.44. The topological polar surface area (TPSA) is 94.8 Å². The third-order valence-corrected chi connectivity index (χ3v) is 6.83. The molecule has 0 saturated carbocycles. The van der Waals surface area contributed by atoms with Crippen LogP contribution in [0.2, 0.25) is 0 Å². The zero-order valence-electron chi connectivity index (χ0n) is 22.5. The number of anilines is 3. The van der Waals surface area contributed by atoms with Crippen molar-refractivity contribution in [3.05, 3.63) is 77.4 Å². The van der Waals surface area contributed by atoms with Gasteiger partial charge in [0.15, 0.2) is 5.82 Å². The number of carbonyl (C=O) groups is 1. The molecule has 11 heteroatoms. The van der Waals surface area contributed by atoms with Gasteiger partial charge < -0.3 is 29.9 Å². The number of benzene rings is 3. The van der Waals surface area contributed by atoms with Crippen LogP contribution in [-0.2, 0) is 11.3 Å². The van der Waals surface area contributed by atoms with Crippen LogP contribution in [0.15, 0.2) is 54.6 Å². The van der Waals surface area contributed by atoms with Crippen molar-refractivity contribution in [3.63, 3.8) is 0 Å². The predicted molar refractivity (Wildman–Crippen MR) is 151 cm³/mol. The summed E-state index contributed by atoms with van der Waals surface area (Å²) in [4.78, 5) is 18.0. The van der Waals surface area contributed by atoms with Crippen molar-refractivity contribution in [2.24, 2.45) is 0 Å². The summed E-state index contributed by atoms with van der Waals surface area (Å²) in [5.41, 5.74) is 3.30. The second kappa shape index (κ2) is 12.3. The van der Waals surface area contributed by atoms with E-state index >= 15 is 0 Å². The summed E-state index contributed by atoms with van der Waals surface area (Å²) in [6.07, 6.45) is 0. The highest BCUT2D eigenvalue weighted by Gasteiger charge is 2.19. The van der Waals surface area contributed by atoms with Gasteiger partial charge in [0, 0.05) is 62.7 Å². The molecule has 1 aliphatic rings. The molecule has 0 aliphatic carbocycles. The number of piperazine rings is 1. The van der Waals surface area contributed by atoms with Crippen LogP contribution in [-0.4, -0.2) is 74.5 Å². The Labute approximate surface area is 231 Å². The second-order valence-electron chi connectivity index (χ2n) is 9.74. The SMILES string of the molecule is COCCNc1cc(N2CCN(C)CC2)ccc1C(=O)Nc1n[nH]c2ccc(OCc3cc(F)cc(F)c3)cc12. The van der Waals surface area contributed by atoms with Gasteiger partial charge in [-0.25, -0.2) is 8.78 Å². The maximum Gasteiger partial charge on any atom is 0.258 e. The summed E-state index contributed by atoms with van der Waals surface area (Å²) in [5.74, 6) is -0.844. The standard InChI is InChI=1S/C29H32F2N6O3/c1-36-8-10-37(11-9-36)22-3-5-24(27(16-22)32-7-12-39-2)29(38)33-28-25-17-23(4-6-26(25)34-35-28)40-18-19-13-20(30)15-21(31)14-19/h3-6,13-17,32H,7-12,18H2,1-2H3,(H2,33,34,35,38). The van der Waals surface area contributed by atoms with Gasteiger partial charge in [0.1, 0.15) is 24.0 Å². The lowest BCUT2D eigenvalue weighted by atomic mass is 10.1. The van der Waals surface area contributed by atoms with Crippen molar-refractivity contribution in [1.29, 1.82) is 0 Å². The van der Waals surface area contributed by atoms with Crippen LogP contribution in [0, 0.1) is 11.6 Å². The summed E-state index contributed by atoms with van der Waals surface area (Å²) in [5, 5.41) is 14.1. The third kappa shape index (κ3) is 6.49. The van der Waals surface area contributed by atoms with Crippen molar-refractivity contribution in [2.75, 3.05) is 69.0 Å².